The Kier molecular flexibility index (Phi) is 5.38. The Balaban J connectivity index is 1.52. The fraction of sp³-hybridized carbons (Fsp3) is 0.348. The van der Waals surface area contributed by atoms with Crippen molar-refractivity contribution in [2.45, 2.75) is 23.9 Å². The van der Waals surface area contributed by atoms with Gasteiger partial charge in [-0.25, -0.2) is 4.98 Å². The van der Waals surface area contributed by atoms with Crippen LogP contribution < -0.4 is 16.0 Å². The highest BCUT2D eigenvalue weighted by Crippen LogP contribution is 2.32. The van der Waals surface area contributed by atoms with Gasteiger partial charge in [-0.05, 0) is 36.8 Å². The summed E-state index contributed by atoms with van der Waals surface area (Å²) in [5.41, 5.74) is 10.1. The summed E-state index contributed by atoms with van der Waals surface area (Å²) in [6.07, 6.45) is 0. The number of hydrogen-bond donors (Lipinski definition) is 2. The van der Waals surface area contributed by atoms with E-state index in [4.69, 9.17) is 27.1 Å². The lowest BCUT2D eigenvalue weighted by molar-refractivity contribution is -0.0461. The maximum atomic E-state index is 12.8. The van der Waals surface area contributed by atoms with Gasteiger partial charge in [0.25, 0.3) is 0 Å². The monoisotopic (exact) mass is 456 g/mol. The molecular weight excluding hydrogens is 432 g/mol. The number of benzene rings is 2. The molecule has 2 aliphatic heterocycles. The van der Waals surface area contributed by atoms with E-state index in [2.05, 4.69) is 35.3 Å². The summed E-state index contributed by atoms with van der Waals surface area (Å²) in [7, 11) is -1.08. The number of nitrogens with two attached hydrogens (primary N) is 1. The summed E-state index contributed by atoms with van der Waals surface area (Å²) in [4.78, 5) is 7.95. The normalized spacial score (nSPS) is 20.1. The molecule has 3 heterocycles. The summed E-state index contributed by atoms with van der Waals surface area (Å²) in [6.45, 7) is 5.12. The molecular formula is C23H25ClN4O2S. The molecule has 0 amide bonds. The standard InChI is InChI=1S/C23H25ClN4O2S/c1-15-2-5-19-18(8-15)20(26-12-23(25)13-30-14-23)10-22(27-19)28-6-7-31(29)21-9-17(24)4-3-16(21)11-28/h2-5,8-10H,6-7,11-14,25H2,1H3,(H,26,27). The van der Waals surface area contributed by atoms with Gasteiger partial charge in [-0.3, -0.25) is 4.21 Å². The van der Waals surface area contributed by atoms with E-state index >= 15 is 0 Å². The van der Waals surface area contributed by atoms with E-state index in [0.29, 0.717) is 43.6 Å². The van der Waals surface area contributed by atoms with Crippen molar-refractivity contribution >= 4 is 44.8 Å². The third-order valence-electron chi connectivity index (χ3n) is 5.87. The second kappa shape index (κ2) is 8.06. The number of halogens is 1. The van der Waals surface area contributed by atoms with Crippen LogP contribution in [0.5, 0.6) is 0 Å². The molecule has 0 bridgehead atoms. The lowest BCUT2D eigenvalue weighted by Gasteiger charge is -2.38. The van der Waals surface area contributed by atoms with Gasteiger partial charge in [-0.15, -0.1) is 0 Å². The average molecular weight is 457 g/mol. The van der Waals surface area contributed by atoms with E-state index in [0.717, 1.165) is 32.9 Å². The highest BCUT2D eigenvalue weighted by molar-refractivity contribution is 7.85. The van der Waals surface area contributed by atoms with Crippen molar-refractivity contribution in [3.8, 4) is 0 Å². The number of ether oxygens (including phenoxy) is 1. The Labute approximate surface area is 189 Å². The van der Waals surface area contributed by atoms with E-state index in [1.165, 1.54) is 5.56 Å². The first kappa shape index (κ1) is 20.7. The van der Waals surface area contributed by atoms with E-state index < -0.39 is 10.8 Å². The fourth-order valence-corrected chi connectivity index (χ4v) is 5.55. The van der Waals surface area contributed by atoms with Crippen molar-refractivity contribution in [1.29, 1.82) is 0 Å². The number of pyridine rings is 1. The molecule has 0 radical (unpaired) electrons. The Morgan fingerprint density at radius 3 is 2.87 bits per heavy atom. The summed E-state index contributed by atoms with van der Waals surface area (Å²) < 4.78 is 18.1. The first-order valence-corrected chi connectivity index (χ1v) is 12.0. The van der Waals surface area contributed by atoms with Crippen LogP contribution >= 0.6 is 11.6 Å². The Hall–Kier alpha value is -2.19. The number of rotatable bonds is 4. The molecule has 8 heteroatoms. The van der Waals surface area contributed by atoms with Crippen LogP contribution in [0.4, 0.5) is 11.5 Å². The maximum absolute atomic E-state index is 12.8. The summed E-state index contributed by atoms with van der Waals surface area (Å²) >= 11 is 6.15. The third kappa shape index (κ3) is 4.15. The van der Waals surface area contributed by atoms with Crippen LogP contribution in [0.1, 0.15) is 11.1 Å². The third-order valence-corrected chi connectivity index (χ3v) is 7.53. The van der Waals surface area contributed by atoms with Crippen LogP contribution in [0.3, 0.4) is 0 Å². The molecule has 5 rings (SSSR count). The van der Waals surface area contributed by atoms with Crippen molar-refractivity contribution in [2.24, 2.45) is 5.73 Å². The molecule has 1 atom stereocenters. The summed E-state index contributed by atoms with van der Waals surface area (Å²) in [5.74, 6) is 1.39. The fourth-order valence-electron chi connectivity index (χ4n) is 4.03. The van der Waals surface area contributed by atoms with Crippen LogP contribution in [0, 0.1) is 6.92 Å². The Morgan fingerprint density at radius 1 is 1.26 bits per heavy atom. The molecule has 31 heavy (non-hydrogen) atoms. The molecule has 1 unspecified atom stereocenters. The van der Waals surface area contributed by atoms with Gasteiger partial charge in [0.1, 0.15) is 5.82 Å². The second-order valence-corrected chi connectivity index (χ2v) is 10.5. The molecule has 0 aliphatic carbocycles. The Bertz CT molecular complexity index is 1180. The van der Waals surface area contributed by atoms with Crippen molar-refractivity contribution in [1.82, 2.24) is 4.98 Å². The van der Waals surface area contributed by atoms with E-state index in [1.54, 1.807) is 0 Å². The number of nitrogens with zero attached hydrogens (tertiary/aromatic N) is 2. The number of fused-ring (bicyclic) bond motifs is 2. The van der Waals surface area contributed by atoms with Crippen molar-refractivity contribution in [3.63, 3.8) is 0 Å². The molecule has 3 N–H and O–H groups in total. The predicted octanol–water partition coefficient (Wildman–Crippen LogP) is 3.46. The zero-order valence-electron chi connectivity index (χ0n) is 17.4. The first-order chi connectivity index (χ1) is 14.9. The second-order valence-electron chi connectivity index (χ2n) is 8.48. The van der Waals surface area contributed by atoms with E-state index in [9.17, 15) is 4.21 Å². The van der Waals surface area contributed by atoms with Gasteiger partial charge in [-0.2, -0.15) is 0 Å². The predicted molar refractivity (Wildman–Crippen MR) is 126 cm³/mol. The first-order valence-electron chi connectivity index (χ1n) is 10.3. The molecule has 0 spiro atoms. The molecule has 2 aromatic carbocycles. The largest absolute Gasteiger partial charge is 0.382 e. The lowest BCUT2D eigenvalue weighted by atomic mass is 9.99. The van der Waals surface area contributed by atoms with Crippen LogP contribution in [0.15, 0.2) is 47.4 Å². The number of aromatic nitrogens is 1. The van der Waals surface area contributed by atoms with Crippen LogP contribution in [-0.2, 0) is 22.1 Å². The topological polar surface area (TPSA) is 80.5 Å². The average Bonchev–Trinajstić information content (AvgIpc) is 2.89. The summed E-state index contributed by atoms with van der Waals surface area (Å²) in [6, 6.07) is 14.0. The van der Waals surface area contributed by atoms with Crippen LogP contribution in [-0.4, -0.2) is 46.8 Å². The van der Waals surface area contributed by atoms with Gasteiger partial charge >= 0.3 is 0 Å². The minimum atomic E-state index is -1.08. The van der Waals surface area contributed by atoms with E-state index in [1.807, 2.05) is 24.3 Å². The highest BCUT2D eigenvalue weighted by atomic mass is 35.5. The molecule has 1 aromatic heterocycles. The molecule has 162 valence electrons. The Morgan fingerprint density at radius 2 is 2.10 bits per heavy atom. The minimum absolute atomic E-state index is 0.336. The lowest BCUT2D eigenvalue weighted by Crippen LogP contribution is -2.61. The number of hydrogen-bond acceptors (Lipinski definition) is 6. The number of anilines is 2. The van der Waals surface area contributed by atoms with E-state index in [-0.39, 0.29) is 5.54 Å². The SMILES string of the molecule is Cc1ccc2nc(N3CCS(=O)c4cc(Cl)ccc4C3)cc(NCC3(N)COC3)c2c1. The van der Waals surface area contributed by atoms with Crippen LogP contribution in [0.25, 0.3) is 10.9 Å². The highest BCUT2D eigenvalue weighted by Gasteiger charge is 2.34. The van der Waals surface area contributed by atoms with Gasteiger partial charge in [0.2, 0.25) is 0 Å². The zero-order chi connectivity index (χ0) is 21.6. The molecule has 6 nitrogen and oxygen atoms in total. The zero-order valence-corrected chi connectivity index (χ0v) is 18.9. The molecule has 2 aliphatic rings. The maximum Gasteiger partial charge on any atom is 0.131 e. The molecule has 1 fully saturated rings. The molecule has 1 saturated heterocycles. The molecule has 3 aromatic rings. The van der Waals surface area contributed by atoms with Crippen LogP contribution in [0.2, 0.25) is 5.02 Å². The summed E-state index contributed by atoms with van der Waals surface area (Å²) in [5, 5.41) is 5.22. The van der Waals surface area contributed by atoms with Gasteiger partial charge in [0.15, 0.2) is 0 Å². The van der Waals surface area contributed by atoms with Gasteiger partial charge in [0, 0.05) is 52.4 Å². The number of nitrogens with one attached hydrogen (secondary N) is 1. The molecule has 0 saturated carbocycles. The van der Waals surface area contributed by atoms with Gasteiger partial charge < -0.3 is 20.7 Å². The minimum Gasteiger partial charge on any atom is -0.382 e. The number of aryl methyl sites for hydroxylation is 1. The quantitative estimate of drug-likeness (QED) is 0.625. The van der Waals surface area contributed by atoms with Crippen molar-refractivity contribution < 1.29 is 8.95 Å². The van der Waals surface area contributed by atoms with Gasteiger partial charge in [-0.1, -0.05) is 29.3 Å². The van der Waals surface area contributed by atoms with Crippen molar-refractivity contribution in [2.75, 3.05) is 42.3 Å². The van der Waals surface area contributed by atoms with Crippen molar-refractivity contribution in [3.05, 3.63) is 58.6 Å². The van der Waals surface area contributed by atoms with Gasteiger partial charge in [0.05, 0.1) is 35.1 Å². The smallest absolute Gasteiger partial charge is 0.131 e.